The van der Waals surface area contributed by atoms with E-state index in [4.69, 9.17) is 4.74 Å². The predicted octanol–water partition coefficient (Wildman–Crippen LogP) is 6.70. The molecule has 21 heavy (non-hydrogen) atoms. The maximum Gasteiger partial charge on any atom is 0.0653 e. The lowest BCUT2D eigenvalue weighted by atomic mass is 9.77. The third-order valence-electron chi connectivity index (χ3n) is 4.52. The summed E-state index contributed by atoms with van der Waals surface area (Å²) in [4.78, 5) is 0. The van der Waals surface area contributed by atoms with Gasteiger partial charge in [-0.1, -0.05) is 82.1 Å². The van der Waals surface area contributed by atoms with Gasteiger partial charge in [0.15, 0.2) is 0 Å². The summed E-state index contributed by atoms with van der Waals surface area (Å²) in [6, 6.07) is 0. The zero-order valence-corrected chi connectivity index (χ0v) is 16.5. The predicted molar refractivity (Wildman–Crippen MR) is 95.7 cm³/mol. The molecule has 0 amide bonds. The molecule has 1 nitrogen and oxygen atoms in total. The van der Waals surface area contributed by atoms with E-state index < -0.39 is 0 Å². The molecule has 0 aliphatic heterocycles. The van der Waals surface area contributed by atoms with E-state index in [1.807, 2.05) is 0 Å². The van der Waals surface area contributed by atoms with Gasteiger partial charge in [-0.05, 0) is 35.5 Å². The van der Waals surface area contributed by atoms with Crippen molar-refractivity contribution in [2.75, 3.05) is 0 Å². The molecule has 0 aliphatic rings. The fourth-order valence-corrected chi connectivity index (χ4v) is 3.75. The van der Waals surface area contributed by atoms with E-state index in [1.165, 1.54) is 25.7 Å². The molecule has 0 aromatic heterocycles. The largest absolute Gasteiger partial charge is 0.373 e. The van der Waals surface area contributed by atoms with Crippen LogP contribution in [0.15, 0.2) is 0 Å². The van der Waals surface area contributed by atoms with Gasteiger partial charge >= 0.3 is 0 Å². The van der Waals surface area contributed by atoms with Crippen LogP contribution in [0.5, 0.6) is 0 Å². The zero-order valence-electron chi connectivity index (χ0n) is 16.5. The fraction of sp³-hybridized carbons (Fsp3) is 1.00. The molecule has 0 saturated heterocycles. The molecule has 0 aromatic rings. The first-order valence-electron chi connectivity index (χ1n) is 9.10. The third-order valence-corrected chi connectivity index (χ3v) is 4.52. The second-order valence-electron chi connectivity index (χ2n) is 9.24. The van der Waals surface area contributed by atoms with Crippen molar-refractivity contribution in [3.8, 4) is 0 Å². The van der Waals surface area contributed by atoms with Crippen molar-refractivity contribution < 1.29 is 4.74 Å². The minimum absolute atomic E-state index is 0.198. The van der Waals surface area contributed by atoms with Gasteiger partial charge in [0.25, 0.3) is 0 Å². The molecule has 0 saturated carbocycles. The summed E-state index contributed by atoms with van der Waals surface area (Å²) in [5, 5.41) is 0. The van der Waals surface area contributed by atoms with Crippen LogP contribution in [0, 0.1) is 22.7 Å². The second-order valence-corrected chi connectivity index (χ2v) is 9.24. The Balaban J connectivity index is 5.22. The van der Waals surface area contributed by atoms with Crippen LogP contribution in [0.1, 0.15) is 94.9 Å². The Morgan fingerprint density at radius 3 is 1.14 bits per heavy atom. The van der Waals surface area contributed by atoms with Crippen molar-refractivity contribution in [1.82, 2.24) is 0 Å². The number of hydrogen-bond donors (Lipinski definition) is 0. The third kappa shape index (κ3) is 7.17. The molecule has 4 unspecified atom stereocenters. The summed E-state index contributed by atoms with van der Waals surface area (Å²) in [5.41, 5.74) is 0.397. The minimum Gasteiger partial charge on any atom is -0.373 e. The summed E-state index contributed by atoms with van der Waals surface area (Å²) in [7, 11) is 0. The van der Waals surface area contributed by atoms with Gasteiger partial charge in [0.1, 0.15) is 0 Å². The van der Waals surface area contributed by atoms with Gasteiger partial charge in [-0.25, -0.2) is 0 Å². The average Bonchev–Trinajstić information content (AvgIpc) is 2.26. The smallest absolute Gasteiger partial charge is 0.0653 e. The maximum absolute atomic E-state index is 6.81. The topological polar surface area (TPSA) is 9.23 Å². The Morgan fingerprint density at radius 2 is 0.952 bits per heavy atom. The Labute approximate surface area is 135 Å². The van der Waals surface area contributed by atoms with Crippen LogP contribution in [-0.4, -0.2) is 12.2 Å². The molecule has 0 fully saturated rings. The van der Waals surface area contributed by atoms with E-state index in [0.29, 0.717) is 24.0 Å². The van der Waals surface area contributed by atoms with E-state index >= 15 is 0 Å². The summed E-state index contributed by atoms with van der Waals surface area (Å²) < 4.78 is 6.81. The molecule has 0 bridgehead atoms. The molecule has 0 rings (SSSR count). The molecule has 0 aliphatic carbocycles. The Morgan fingerprint density at radius 1 is 0.667 bits per heavy atom. The standard InChI is InChI=1S/C20H42O/c1-11-13-15(3)17(19(5,6)7)21-18(20(8,9)10)16(4)14-12-2/h15-18H,11-14H2,1-10H3. The van der Waals surface area contributed by atoms with E-state index in [-0.39, 0.29) is 10.8 Å². The minimum atomic E-state index is 0.198. The molecule has 128 valence electrons. The van der Waals surface area contributed by atoms with Crippen molar-refractivity contribution in [2.45, 2.75) is 107 Å². The molecular formula is C20H42O. The number of rotatable bonds is 8. The Kier molecular flexibility index (Phi) is 8.54. The van der Waals surface area contributed by atoms with Crippen LogP contribution in [0.2, 0.25) is 0 Å². The first-order valence-corrected chi connectivity index (χ1v) is 9.10. The normalized spacial score (nSPS) is 19.1. The van der Waals surface area contributed by atoms with Gasteiger partial charge < -0.3 is 4.74 Å². The molecule has 1 heteroatoms. The van der Waals surface area contributed by atoms with Gasteiger partial charge in [0.2, 0.25) is 0 Å². The van der Waals surface area contributed by atoms with Crippen molar-refractivity contribution >= 4 is 0 Å². The van der Waals surface area contributed by atoms with Crippen LogP contribution < -0.4 is 0 Å². The summed E-state index contributed by atoms with van der Waals surface area (Å²) in [6.45, 7) is 23.2. The first-order chi connectivity index (χ1) is 9.45. The lowest BCUT2D eigenvalue weighted by molar-refractivity contribution is -0.148. The van der Waals surface area contributed by atoms with Gasteiger partial charge in [-0.2, -0.15) is 0 Å². The SMILES string of the molecule is CCCC(C)C(OC(C(C)CCC)C(C)(C)C)C(C)(C)C. The lowest BCUT2D eigenvalue weighted by Gasteiger charge is -2.44. The Hall–Kier alpha value is -0.0400. The van der Waals surface area contributed by atoms with E-state index in [0.717, 1.165) is 0 Å². The van der Waals surface area contributed by atoms with Crippen LogP contribution in [0.3, 0.4) is 0 Å². The fourth-order valence-electron chi connectivity index (χ4n) is 3.75. The van der Waals surface area contributed by atoms with Crippen molar-refractivity contribution in [1.29, 1.82) is 0 Å². The van der Waals surface area contributed by atoms with Crippen LogP contribution >= 0.6 is 0 Å². The number of ether oxygens (including phenoxy) is 1. The highest BCUT2D eigenvalue weighted by atomic mass is 16.5. The van der Waals surface area contributed by atoms with Gasteiger partial charge in [0.05, 0.1) is 12.2 Å². The van der Waals surface area contributed by atoms with Crippen LogP contribution in [-0.2, 0) is 4.74 Å². The average molecular weight is 299 g/mol. The van der Waals surface area contributed by atoms with Crippen molar-refractivity contribution in [3.63, 3.8) is 0 Å². The van der Waals surface area contributed by atoms with E-state index in [9.17, 15) is 0 Å². The summed E-state index contributed by atoms with van der Waals surface area (Å²) >= 11 is 0. The molecule has 0 spiro atoms. The second kappa shape index (κ2) is 8.56. The van der Waals surface area contributed by atoms with Gasteiger partial charge in [-0.3, -0.25) is 0 Å². The highest BCUT2D eigenvalue weighted by Crippen LogP contribution is 2.38. The molecule has 0 radical (unpaired) electrons. The van der Waals surface area contributed by atoms with Crippen molar-refractivity contribution in [3.05, 3.63) is 0 Å². The molecule has 0 aromatic carbocycles. The molecule has 0 heterocycles. The highest BCUT2D eigenvalue weighted by molar-refractivity contribution is 4.86. The van der Waals surface area contributed by atoms with E-state index in [1.54, 1.807) is 0 Å². The van der Waals surface area contributed by atoms with E-state index in [2.05, 4.69) is 69.2 Å². The summed E-state index contributed by atoms with van der Waals surface area (Å²) in [5.74, 6) is 1.24. The monoisotopic (exact) mass is 298 g/mol. The highest BCUT2D eigenvalue weighted by Gasteiger charge is 2.38. The molecule has 4 atom stereocenters. The Bertz CT molecular complexity index is 241. The first kappa shape index (κ1) is 21.0. The lowest BCUT2D eigenvalue weighted by Crippen LogP contribution is -2.45. The molecule has 0 N–H and O–H groups in total. The van der Waals surface area contributed by atoms with Crippen LogP contribution in [0.25, 0.3) is 0 Å². The van der Waals surface area contributed by atoms with Crippen molar-refractivity contribution in [2.24, 2.45) is 22.7 Å². The van der Waals surface area contributed by atoms with Gasteiger partial charge in [0, 0.05) is 0 Å². The number of hydrogen-bond acceptors (Lipinski definition) is 1. The summed E-state index contributed by atoms with van der Waals surface area (Å²) in [6.07, 6.45) is 5.65. The van der Waals surface area contributed by atoms with Crippen LogP contribution in [0.4, 0.5) is 0 Å². The maximum atomic E-state index is 6.81. The molecular weight excluding hydrogens is 256 g/mol. The zero-order chi connectivity index (χ0) is 16.8. The quantitative estimate of drug-likeness (QED) is 0.484. The van der Waals surface area contributed by atoms with Gasteiger partial charge in [-0.15, -0.1) is 0 Å².